The minimum atomic E-state index is -4.17. The first-order valence-electron chi connectivity index (χ1n) is 8.33. The molecule has 168 valence electrons. The fourth-order valence-corrected chi connectivity index (χ4v) is 3.04. The number of aryl methyl sites for hydroxylation is 1. The van der Waals surface area contributed by atoms with Crippen molar-refractivity contribution in [2.45, 2.75) is 11.8 Å². The van der Waals surface area contributed by atoms with Crippen molar-refractivity contribution in [3.05, 3.63) is 64.0 Å². The van der Waals surface area contributed by atoms with Crippen LogP contribution in [0.2, 0.25) is 0 Å². The second-order valence-electron chi connectivity index (χ2n) is 5.60. The third kappa shape index (κ3) is 9.89. The smallest absolute Gasteiger partial charge is 0.339 e. The Balaban J connectivity index is 0.00000110. The number of benzene rings is 2. The van der Waals surface area contributed by atoms with Gasteiger partial charge in [-0.3, -0.25) is 0 Å². The van der Waals surface area contributed by atoms with E-state index in [0.717, 1.165) is 17.7 Å². The number of rotatable bonds is 8. The summed E-state index contributed by atoms with van der Waals surface area (Å²) in [6, 6.07) is 9.22. The van der Waals surface area contributed by atoms with Crippen LogP contribution in [-0.2, 0) is 10.1 Å². The van der Waals surface area contributed by atoms with Crippen LogP contribution < -0.4 is 20.1 Å². The van der Waals surface area contributed by atoms with Crippen molar-refractivity contribution in [2.75, 3.05) is 13.2 Å². The topological polar surface area (TPSA) is 179 Å². The second kappa shape index (κ2) is 11.9. The lowest BCUT2D eigenvalue weighted by Gasteiger charge is -2.11. The van der Waals surface area contributed by atoms with E-state index in [2.05, 4.69) is 22.2 Å². The molecule has 0 aliphatic heterocycles. The molecule has 0 unspecified atom stereocenters. The summed E-state index contributed by atoms with van der Waals surface area (Å²) < 4.78 is 48.5. The van der Waals surface area contributed by atoms with E-state index in [9.17, 15) is 12.8 Å². The number of hydrogen-bond donors (Lipinski definition) is 3. The number of halogens is 1. The average molecular weight is 457 g/mol. The number of ether oxygens (including phenoxy) is 1. The summed E-state index contributed by atoms with van der Waals surface area (Å²) in [6.07, 6.45) is 0. The number of nitrogens with one attached hydrogen (secondary N) is 1. The Kier molecular flexibility index (Phi) is 9.65. The van der Waals surface area contributed by atoms with E-state index in [0.29, 0.717) is 5.75 Å². The molecule has 2 rings (SSSR count). The van der Waals surface area contributed by atoms with Gasteiger partial charge in [-0.05, 0) is 42.8 Å². The molecule has 4 N–H and O–H groups in total. The summed E-state index contributed by atoms with van der Waals surface area (Å²) in [5.41, 5.74) is 8.58. The van der Waals surface area contributed by atoms with Gasteiger partial charge in [-0.1, -0.05) is 6.07 Å². The molecule has 0 atom stereocenters. The number of nitrogens with two attached hydrogens (primary N) is 1. The lowest BCUT2D eigenvalue weighted by molar-refractivity contribution is -0.742. The predicted molar refractivity (Wildman–Crippen MR) is 109 cm³/mol. The van der Waals surface area contributed by atoms with Gasteiger partial charge in [-0.15, -0.1) is 10.1 Å². The highest BCUT2D eigenvalue weighted by Crippen LogP contribution is 2.26. The van der Waals surface area contributed by atoms with E-state index in [1.807, 2.05) is 0 Å². The molecular formula is C17H20FN5O7S. The molecule has 0 aromatic heterocycles. The Morgan fingerprint density at radius 2 is 1.97 bits per heavy atom. The molecular weight excluding hydrogens is 437 g/mol. The highest BCUT2D eigenvalue weighted by molar-refractivity contribution is 7.87. The maximum Gasteiger partial charge on any atom is 0.339 e. The van der Waals surface area contributed by atoms with Gasteiger partial charge in [-0.25, -0.2) is 14.8 Å². The van der Waals surface area contributed by atoms with E-state index in [4.69, 9.17) is 30.0 Å². The molecule has 0 bridgehead atoms. The number of hydrazone groups is 1. The number of nitrogens with zero attached hydrogens (tertiary/aromatic N) is 3. The average Bonchev–Trinajstić information content (AvgIpc) is 2.64. The van der Waals surface area contributed by atoms with Crippen LogP contribution in [-0.4, -0.2) is 44.5 Å². The van der Waals surface area contributed by atoms with Crippen molar-refractivity contribution >= 4 is 22.8 Å². The Labute approximate surface area is 177 Å². The fraction of sp³-hybridized carbons (Fsp3) is 0.176. The van der Waals surface area contributed by atoms with Gasteiger partial charge in [0.05, 0.1) is 6.54 Å². The van der Waals surface area contributed by atoms with Gasteiger partial charge < -0.3 is 19.9 Å². The zero-order valence-electron chi connectivity index (χ0n) is 16.3. The molecule has 0 fully saturated rings. The number of hydrogen-bond acceptors (Lipinski definition) is 8. The Hall–Kier alpha value is -3.94. The molecule has 0 radical (unpaired) electrons. The number of aliphatic imine (C=N–C) groups is 1. The summed E-state index contributed by atoms with van der Waals surface area (Å²) >= 11 is 0. The highest BCUT2D eigenvalue weighted by Gasteiger charge is 2.18. The van der Waals surface area contributed by atoms with Gasteiger partial charge in [0.15, 0.2) is 0 Å². The van der Waals surface area contributed by atoms with Gasteiger partial charge in [0.25, 0.3) is 5.09 Å². The SMILES string of the molecule is C=NNC(N)=NCCOc1cc(C)cc(OS(=O)(=O)c2cccc(F)c2)c1.O=[N+]([O-])O. The van der Waals surface area contributed by atoms with Crippen LogP contribution in [0.3, 0.4) is 0 Å². The molecule has 0 heterocycles. The first-order chi connectivity index (χ1) is 14.5. The fourth-order valence-electron chi connectivity index (χ4n) is 2.09. The van der Waals surface area contributed by atoms with Crippen LogP contribution in [0.1, 0.15) is 5.56 Å². The van der Waals surface area contributed by atoms with E-state index in [1.54, 1.807) is 13.0 Å². The van der Waals surface area contributed by atoms with Gasteiger partial charge in [0.2, 0.25) is 5.96 Å². The van der Waals surface area contributed by atoms with Crippen molar-refractivity contribution in [1.82, 2.24) is 5.43 Å². The maximum absolute atomic E-state index is 13.3. The second-order valence-corrected chi connectivity index (χ2v) is 7.15. The number of guanidine groups is 1. The molecule has 0 aliphatic carbocycles. The first-order valence-corrected chi connectivity index (χ1v) is 9.74. The van der Waals surface area contributed by atoms with Crippen LogP contribution in [0.5, 0.6) is 11.5 Å². The minimum absolute atomic E-state index is 0.0507. The van der Waals surface area contributed by atoms with Gasteiger partial charge >= 0.3 is 10.1 Å². The maximum atomic E-state index is 13.3. The van der Waals surface area contributed by atoms with E-state index in [1.165, 1.54) is 24.3 Å². The third-order valence-corrected chi connectivity index (χ3v) is 4.39. The van der Waals surface area contributed by atoms with Crippen LogP contribution in [0.4, 0.5) is 4.39 Å². The molecule has 12 nitrogen and oxygen atoms in total. The lowest BCUT2D eigenvalue weighted by atomic mass is 10.2. The molecule has 31 heavy (non-hydrogen) atoms. The molecule has 0 saturated carbocycles. The molecule has 0 saturated heterocycles. The summed E-state index contributed by atoms with van der Waals surface area (Å²) in [5.74, 6) is -0.130. The molecule has 0 aliphatic rings. The van der Waals surface area contributed by atoms with Gasteiger partial charge in [0.1, 0.15) is 28.8 Å². The molecule has 0 amide bonds. The minimum Gasteiger partial charge on any atom is -0.492 e. The van der Waals surface area contributed by atoms with Crippen LogP contribution in [0.15, 0.2) is 57.5 Å². The van der Waals surface area contributed by atoms with Crippen LogP contribution in [0.25, 0.3) is 0 Å². The Bertz CT molecular complexity index is 1040. The first kappa shape index (κ1) is 25.1. The normalized spacial score (nSPS) is 11.0. The van der Waals surface area contributed by atoms with Crippen molar-refractivity contribution in [3.8, 4) is 11.5 Å². The molecule has 0 spiro atoms. The predicted octanol–water partition coefficient (Wildman–Crippen LogP) is 1.45. The monoisotopic (exact) mass is 457 g/mol. The Morgan fingerprint density at radius 3 is 2.58 bits per heavy atom. The van der Waals surface area contributed by atoms with Gasteiger partial charge in [-0.2, -0.15) is 13.5 Å². The standard InChI is InChI=1S/C17H19FN4O4S.HNO3/c1-12-8-14(25-7-6-21-17(19)22-20-2)11-15(9-12)26-27(23,24)16-5-3-4-13(18)10-16;2-1(3)4/h3-5,8-11H,2,6-7H2,1H3,(H3,19,21,22);(H,2,3,4). The van der Waals surface area contributed by atoms with Crippen molar-refractivity contribution < 1.29 is 32.0 Å². The van der Waals surface area contributed by atoms with Gasteiger partial charge in [0, 0.05) is 12.8 Å². The van der Waals surface area contributed by atoms with Crippen molar-refractivity contribution in [3.63, 3.8) is 0 Å². The summed E-state index contributed by atoms with van der Waals surface area (Å²) in [4.78, 5) is 12.0. The van der Waals surface area contributed by atoms with E-state index < -0.39 is 21.0 Å². The highest BCUT2D eigenvalue weighted by atomic mass is 32.2. The summed E-state index contributed by atoms with van der Waals surface area (Å²) in [6.45, 7) is 5.41. The lowest BCUT2D eigenvalue weighted by Crippen LogP contribution is -2.27. The summed E-state index contributed by atoms with van der Waals surface area (Å²) in [7, 11) is -4.17. The largest absolute Gasteiger partial charge is 0.492 e. The third-order valence-electron chi connectivity index (χ3n) is 3.15. The van der Waals surface area contributed by atoms with Crippen molar-refractivity contribution in [2.24, 2.45) is 15.8 Å². The van der Waals surface area contributed by atoms with E-state index in [-0.39, 0.29) is 29.8 Å². The Morgan fingerprint density at radius 1 is 1.32 bits per heavy atom. The van der Waals surface area contributed by atoms with Crippen molar-refractivity contribution in [1.29, 1.82) is 0 Å². The molecule has 14 heteroatoms. The zero-order chi connectivity index (χ0) is 23.4. The quantitative estimate of drug-likeness (QED) is 0.132. The zero-order valence-corrected chi connectivity index (χ0v) is 17.1. The molecule has 2 aromatic carbocycles. The molecule has 2 aromatic rings. The van der Waals surface area contributed by atoms with Crippen LogP contribution >= 0.6 is 0 Å². The van der Waals surface area contributed by atoms with Crippen LogP contribution in [0, 0.1) is 22.9 Å². The summed E-state index contributed by atoms with van der Waals surface area (Å²) in [5, 5.41) is 17.0. The van der Waals surface area contributed by atoms with E-state index >= 15 is 0 Å².